The molecule has 3 heterocycles. The van der Waals surface area contributed by atoms with Crippen molar-refractivity contribution in [1.82, 2.24) is 19.3 Å². The Labute approximate surface area is 211 Å². The Kier molecular flexibility index (Phi) is 6.45. The summed E-state index contributed by atoms with van der Waals surface area (Å²) in [5.74, 6) is 1.25. The van der Waals surface area contributed by atoms with Gasteiger partial charge in [-0.2, -0.15) is 5.26 Å². The van der Waals surface area contributed by atoms with Gasteiger partial charge in [0.15, 0.2) is 5.82 Å². The summed E-state index contributed by atoms with van der Waals surface area (Å²) in [5, 5.41) is 19.3. The van der Waals surface area contributed by atoms with Gasteiger partial charge in [-0.25, -0.2) is 0 Å². The number of ether oxygens (including phenoxy) is 1. The average molecular weight is 479 g/mol. The zero-order chi connectivity index (χ0) is 25.2. The Hall–Kier alpha value is -4.15. The van der Waals surface area contributed by atoms with Crippen LogP contribution in [0.1, 0.15) is 33.9 Å². The van der Waals surface area contributed by atoms with Crippen LogP contribution in [-0.4, -0.2) is 45.6 Å². The molecule has 7 nitrogen and oxygen atoms in total. The molecule has 0 atom stereocenters. The first-order valence-corrected chi connectivity index (χ1v) is 12.2. The summed E-state index contributed by atoms with van der Waals surface area (Å²) in [6.45, 7) is 11.2. The normalized spacial score (nSPS) is 14.2. The topological polar surface area (TPSA) is 71.9 Å². The number of aromatic nitrogens is 4. The van der Waals surface area contributed by atoms with Gasteiger partial charge in [-0.05, 0) is 69.2 Å². The van der Waals surface area contributed by atoms with Crippen LogP contribution in [0.4, 0.5) is 5.95 Å². The van der Waals surface area contributed by atoms with E-state index in [1.54, 1.807) is 0 Å². The van der Waals surface area contributed by atoms with Crippen molar-refractivity contribution in [1.29, 1.82) is 5.26 Å². The van der Waals surface area contributed by atoms with Crippen molar-refractivity contribution in [3.05, 3.63) is 88.5 Å². The van der Waals surface area contributed by atoms with Gasteiger partial charge in [0, 0.05) is 30.2 Å². The maximum atomic E-state index is 10.3. The van der Waals surface area contributed by atoms with Crippen LogP contribution >= 0.6 is 0 Å². The zero-order valence-corrected chi connectivity index (χ0v) is 21.2. The number of morpholine rings is 1. The van der Waals surface area contributed by atoms with Crippen LogP contribution in [0.25, 0.3) is 23.0 Å². The third-order valence-electron chi connectivity index (χ3n) is 6.68. The number of nitriles is 1. The van der Waals surface area contributed by atoms with Gasteiger partial charge in [0.1, 0.15) is 6.07 Å². The Morgan fingerprint density at radius 3 is 2.39 bits per heavy atom. The number of hydrogen-bond acceptors (Lipinski definition) is 5. The molecule has 0 bridgehead atoms. The van der Waals surface area contributed by atoms with Crippen LogP contribution in [0.2, 0.25) is 0 Å². The molecule has 5 rings (SSSR count). The maximum Gasteiger partial charge on any atom is 0.232 e. The van der Waals surface area contributed by atoms with Gasteiger partial charge in [0.25, 0.3) is 0 Å². The lowest BCUT2D eigenvalue weighted by atomic mass is 10.1. The van der Waals surface area contributed by atoms with Crippen molar-refractivity contribution in [3.8, 4) is 17.4 Å². The van der Waals surface area contributed by atoms with Crippen LogP contribution in [0.5, 0.6) is 0 Å². The fraction of sp³-hybridized carbons (Fsp3) is 0.276. The zero-order valence-electron chi connectivity index (χ0n) is 21.2. The molecule has 1 aliphatic rings. The molecule has 0 spiro atoms. The van der Waals surface area contributed by atoms with Crippen LogP contribution in [0.3, 0.4) is 0 Å². The van der Waals surface area contributed by atoms with Gasteiger partial charge < -0.3 is 14.2 Å². The van der Waals surface area contributed by atoms with E-state index in [0.717, 1.165) is 47.4 Å². The molecule has 1 fully saturated rings. The molecule has 182 valence electrons. The first kappa shape index (κ1) is 23.6. The maximum absolute atomic E-state index is 10.3. The van der Waals surface area contributed by atoms with Crippen LogP contribution in [0, 0.1) is 39.0 Å². The first-order valence-electron chi connectivity index (χ1n) is 12.2. The van der Waals surface area contributed by atoms with E-state index in [4.69, 9.17) is 4.74 Å². The molecule has 1 saturated heterocycles. The molecule has 0 unspecified atom stereocenters. The van der Waals surface area contributed by atoms with E-state index >= 15 is 0 Å². The van der Waals surface area contributed by atoms with Crippen molar-refractivity contribution < 1.29 is 4.74 Å². The van der Waals surface area contributed by atoms with E-state index in [0.29, 0.717) is 24.6 Å². The van der Waals surface area contributed by atoms with Crippen molar-refractivity contribution in [2.75, 3.05) is 31.2 Å². The molecule has 1 aliphatic heterocycles. The molecule has 4 aromatic rings. The predicted molar refractivity (Wildman–Crippen MR) is 143 cm³/mol. The van der Waals surface area contributed by atoms with Crippen molar-refractivity contribution in [2.45, 2.75) is 27.7 Å². The number of allylic oxidation sites excluding steroid dienone is 1. The molecular weight excluding hydrogens is 448 g/mol. The fourth-order valence-electron chi connectivity index (χ4n) is 4.90. The number of benzene rings is 2. The highest BCUT2D eigenvalue weighted by Crippen LogP contribution is 2.29. The van der Waals surface area contributed by atoms with E-state index in [2.05, 4.69) is 77.7 Å². The predicted octanol–water partition coefficient (Wildman–Crippen LogP) is 5.19. The Morgan fingerprint density at radius 1 is 0.944 bits per heavy atom. The minimum absolute atomic E-state index is 0.465. The van der Waals surface area contributed by atoms with Crippen LogP contribution in [-0.2, 0) is 4.74 Å². The van der Waals surface area contributed by atoms with E-state index in [1.165, 1.54) is 11.1 Å². The van der Waals surface area contributed by atoms with E-state index in [9.17, 15) is 5.26 Å². The van der Waals surface area contributed by atoms with Crippen molar-refractivity contribution in [2.24, 2.45) is 0 Å². The van der Waals surface area contributed by atoms with Gasteiger partial charge in [-0.1, -0.05) is 35.9 Å². The summed E-state index contributed by atoms with van der Waals surface area (Å²) in [7, 11) is 0. The largest absolute Gasteiger partial charge is 0.378 e. The Balaban J connectivity index is 1.62. The summed E-state index contributed by atoms with van der Waals surface area (Å²) in [6, 6.07) is 21.0. The van der Waals surface area contributed by atoms with E-state index < -0.39 is 0 Å². The molecule has 0 N–H and O–H groups in total. The number of hydrogen-bond donors (Lipinski definition) is 0. The highest BCUT2D eigenvalue weighted by molar-refractivity contribution is 5.89. The molecule has 0 aliphatic carbocycles. The Bertz CT molecular complexity index is 1470. The molecule has 7 heteroatoms. The van der Waals surface area contributed by atoms with Gasteiger partial charge in [-0.3, -0.25) is 4.57 Å². The second-order valence-electron chi connectivity index (χ2n) is 9.22. The Morgan fingerprint density at radius 2 is 1.69 bits per heavy atom. The van der Waals surface area contributed by atoms with Gasteiger partial charge in [0.2, 0.25) is 5.95 Å². The van der Waals surface area contributed by atoms with Crippen molar-refractivity contribution in [3.63, 3.8) is 0 Å². The third-order valence-corrected chi connectivity index (χ3v) is 6.68. The smallest absolute Gasteiger partial charge is 0.232 e. The molecule has 0 radical (unpaired) electrons. The van der Waals surface area contributed by atoms with E-state index in [-0.39, 0.29) is 0 Å². The lowest BCUT2D eigenvalue weighted by Gasteiger charge is -2.28. The highest BCUT2D eigenvalue weighted by Gasteiger charge is 2.24. The fourth-order valence-corrected chi connectivity index (χ4v) is 4.90. The number of nitrogens with zero attached hydrogens (tertiary/aromatic N) is 6. The molecule has 2 aromatic carbocycles. The molecule has 0 amide bonds. The highest BCUT2D eigenvalue weighted by atomic mass is 16.5. The van der Waals surface area contributed by atoms with Crippen molar-refractivity contribution >= 4 is 17.6 Å². The molecule has 36 heavy (non-hydrogen) atoms. The number of para-hydroxylation sites is 1. The summed E-state index contributed by atoms with van der Waals surface area (Å²) in [5.41, 5.74) is 8.16. The number of anilines is 1. The second-order valence-corrected chi connectivity index (χ2v) is 9.22. The number of aryl methyl sites for hydroxylation is 3. The SMILES string of the molecule is Cc1ccc(-n2c(C)cc(/C=C(/C#N)c3nnc(N4CCOCC4)n3-c3ccccc3)c2C)c(C)c1. The minimum atomic E-state index is 0.465. The molecular formula is C29H30N6O. The standard InChI is InChI=1S/C29H30N6O/c1-20-10-11-27(21(2)16-20)34-22(3)17-24(23(34)4)18-25(19-30)28-31-32-29(33-12-14-36-15-13-33)35(28)26-8-6-5-7-9-26/h5-11,16-18H,12-15H2,1-4H3/b25-18-. The average Bonchev–Trinajstić information content (AvgIpc) is 3.45. The summed E-state index contributed by atoms with van der Waals surface area (Å²) in [4.78, 5) is 2.16. The van der Waals surface area contributed by atoms with Crippen LogP contribution in [0.15, 0.2) is 54.6 Å². The van der Waals surface area contributed by atoms with Gasteiger partial charge in [-0.15, -0.1) is 10.2 Å². The van der Waals surface area contributed by atoms with Gasteiger partial charge in [0.05, 0.1) is 24.5 Å². The van der Waals surface area contributed by atoms with Crippen LogP contribution < -0.4 is 4.90 Å². The quantitative estimate of drug-likeness (QED) is 0.369. The lowest BCUT2D eigenvalue weighted by molar-refractivity contribution is 0.122. The summed E-state index contributed by atoms with van der Waals surface area (Å²) >= 11 is 0. The monoisotopic (exact) mass is 478 g/mol. The second kappa shape index (κ2) is 9.84. The lowest BCUT2D eigenvalue weighted by Crippen LogP contribution is -2.38. The molecule has 0 saturated carbocycles. The first-order chi connectivity index (χ1) is 17.5. The summed E-state index contributed by atoms with van der Waals surface area (Å²) in [6.07, 6.45) is 1.93. The minimum Gasteiger partial charge on any atom is -0.378 e. The van der Waals surface area contributed by atoms with E-state index in [1.807, 2.05) is 41.0 Å². The van der Waals surface area contributed by atoms with Gasteiger partial charge >= 0.3 is 0 Å². The number of rotatable bonds is 5. The summed E-state index contributed by atoms with van der Waals surface area (Å²) < 4.78 is 9.76. The molecule has 2 aromatic heterocycles. The third kappa shape index (κ3) is 4.32.